The summed E-state index contributed by atoms with van der Waals surface area (Å²) in [5, 5.41) is 0.759. The Morgan fingerprint density at radius 1 is 1.32 bits per heavy atom. The molecule has 1 aromatic rings. The lowest BCUT2D eigenvalue weighted by atomic mass is 10.0. The number of hydrogen-bond donors (Lipinski definition) is 1. The predicted octanol–water partition coefficient (Wildman–Crippen LogP) is 3.72. The van der Waals surface area contributed by atoms with E-state index in [1.165, 1.54) is 31.2 Å². The number of guanidine groups is 1. The summed E-state index contributed by atoms with van der Waals surface area (Å²) < 4.78 is 1.08. The first-order valence-electron chi connectivity index (χ1n) is 6.70. The van der Waals surface area contributed by atoms with Gasteiger partial charge in [0.25, 0.3) is 0 Å². The zero-order valence-corrected chi connectivity index (χ0v) is 13.0. The topological polar surface area (TPSA) is 41.6 Å². The highest BCUT2D eigenvalue weighted by molar-refractivity contribution is 9.10. The van der Waals surface area contributed by atoms with Gasteiger partial charge < -0.3 is 10.6 Å². The molecule has 0 amide bonds. The summed E-state index contributed by atoms with van der Waals surface area (Å²) in [7, 11) is 0. The van der Waals surface area contributed by atoms with Gasteiger partial charge in [-0.2, -0.15) is 0 Å². The van der Waals surface area contributed by atoms with Gasteiger partial charge in [0.2, 0.25) is 0 Å². The third kappa shape index (κ3) is 2.48. The van der Waals surface area contributed by atoms with Crippen molar-refractivity contribution >= 4 is 33.5 Å². The summed E-state index contributed by atoms with van der Waals surface area (Å²) in [6.45, 7) is 0.723. The number of benzene rings is 1. The summed E-state index contributed by atoms with van der Waals surface area (Å²) in [5.74, 6) is 0.684. The lowest BCUT2D eigenvalue weighted by Gasteiger charge is -2.32. The van der Waals surface area contributed by atoms with E-state index in [9.17, 15) is 0 Å². The number of nitrogens with two attached hydrogens (primary N) is 1. The minimum absolute atomic E-state index is 0.219. The zero-order valence-electron chi connectivity index (χ0n) is 10.6. The van der Waals surface area contributed by atoms with Crippen LogP contribution in [0.25, 0.3) is 0 Å². The molecule has 0 bridgehead atoms. The molecule has 1 aromatic carbocycles. The Bertz CT molecular complexity index is 511. The highest BCUT2D eigenvalue weighted by Crippen LogP contribution is 2.37. The fraction of sp³-hybridized carbons (Fsp3) is 0.500. The number of nitrogens with zero attached hydrogens (tertiary/aromatic N) is 2. The second-order valence-electron chi connectivity index (χ2n) is 5.23. The molecule has 0 spiro atoms. The molecule has 0 radical (unpaired) electrons. The third-order valence-electron chi connectivity index (χ3n) is 4.06. The molecule has 0 saturated heterocycles. The van der Waals surface area contributed by atoms with Gasteiger partial charge >= 0.3 is 0 Å². The zero-order chi connectivity index (χ0) is 13.4. The number of rotatable bonds is 2. The van der Waals surface area contributed by atoms with E-state index in [2.05, 4.69) is 25.8 Å². The van der Waals surface area contributed by atoms with E-state index in [1.54, 1.807) is 0 Å². The first-order valence-corrected chi connectivity index (χ1v) is 7.87. The van der Waals surface area contributed by atoms with Gasteiger partial charge in [0, 0.05) is 15.5 Å². The molecule has 1 fully saturated rings. The van der Waals surface area contributed by atoms with Crippen LogP contribution in [0, 0.1) is 0 Å². The molecule has 2 N–H and O–H groups in total. The second-order valence-corrected chi connectivity index (χ2v) is 6.52. The molecule has 19 heavy (non-hydrogen) atoms. The van der Waals surface area contributed by atoms with E-state index in [1.807, 2.05) is 18.2 Å². The fourth-order valence-corrected chi connectivity index (χ4v) is 3.84. The lowest BCUT2D eigenvalue weighted by Crippen LogP contribution is -2.42. The average molecular weight is 343 g/mol. The van der Waals surface area contributed by atoms with E-state index in [0.29, 0.717) is 12.0 Å². The largest absolute Gasteiger partial charge is 0.370 e. The summed E-state index contributed by atoms with van der Waals surface area (Å²) >= 11 is 9.75. The average Bonchev–Trinajstić information content (AvgIpc) is 3.01. The normalized spacial score (nSPS) is 24.0. The predicted molar refractivity (Wildman–Crippen MR) is 82.5 cm³/mol. The smallest absolute Gasteiger partial charge is 0.192 e. The van der Waals surface area contributed by atoms with E-state index >= 15 is 0 Å². The molecule has 0 aromatic heterocycles. The number of halogens is 2. The van der Waals surface area contributed by atoms with Gasteiger partial charge in [-0.25, -0.2) is 0 Å². The maximum absolute atomic E-state index is 6.13. The molecule has 1 aliphatic heterocycles. The molecular weight excluding hydrogens is 326 g/mol. The van der Waals surface area contributed by atoms with Crippen molar-refractivity contribution in [2.45, 2.75) is 37.8 Å². The molecular formula is C14H17BrClN3. The van der Waals surface area contributed by atoms with Gasteiger partial charge in [0.05, 0.1) is 12.6 Å². The van der Waals surface area contributed by atoms with Crippen LogP contribution in [0.4, 0.5) is 0 Å². The van der Waals surface area contributed by atoms with Crippen molar-refractivity contribution < 1.29 is 0 Å². The summed E-state index contributed by atoms with van der Waals surface area (Å²) in [6, 6.07) is 6.66. The Balaban J connectivity index is 1.93. The van der Waals surface area contributed by atoms with Crippen molar-refractivity contribution in [3.05, 3.63) is 33.3 Å². The minimum Gasteiger partial charge on any atom is -0.370 e. The highest BCUT2D eigenvalue weighted by atomic mass is 79.9. The van der Waals surface area contributed by atoms with E-state index in [4.69, 9.17) is 17.3 Å². The second kappa shape index (κ2) is 5.33. The fourth-order valence-electron chi connectivity index (χ4n) is 3.15. The van der Waals surface area contributed by atoms with Crippen molar-refractivity contribution in [3.8, 4) is 0 Å². The summed E-state index contributed by atoms with van der Waals surface area (Å²) in [5.41, 5.74) is 7.29. The van der Waals surface area contributed by atoms with E-state index in [0.717, 1.165) is 16.0 Å². The van der Waals surface area contributed by atoms with Crippen LogP contribution in [-0.4, -0.2) is 23.4 Å². The first kappa shape index (κ1) is 13.3. The lowest BCUT2D eigenvalue weighted by molar-refractivity contribution is 0.261. The van der Waals surface area contributed by atoms with Crippen molar-refractivity contribution in [1.29, 1.82) is 0 Å². The van der Waals surface area contributed by atoms with Gasteiger partial charge in [-0.15, -0.1) is 0 Å². The SMILES string of the molecule is NC1=NCC(c2cc(Cl)ccc2Br)N1C1CCCC1. The van der Waals surface area contributed by atoms with E-state index in [-0.39, 0.29) is 6.04 Å². The van der Waals surface area contributed by atoms with Crippen LogP contribution >= 0.6 is 27.5 Å². The maximum atomic E-state index is 6.13. The van der Waals surface area contributed by atoms with Gasteiger partial charge in [0.1, 0.15) is 0 Å². The molecule has 2 aliphatic rings. The van der Waals surface area contributed by atoms with Crippen molar-refractivity contribution in [3.63, 3.8) is 0 Å². The van der Waals surface area contributed by atoms with Crippen molar-refractivity contribution in [1.82, 2.24) is 4.90 Å². The molecule has 102 valence electrons. The monoisotopic (exact) mass is 341 g/mol. The Kier molecular flexibility index (Phi) is 3.72. The highest BCUT2D eigenvalue weighted by Gasteiger charge is 2.35. The van der Waals surface area contributed by atoms with Crippen LogP contribution in [-0.2, 0) is 0 Å². The van der Waals surface area contributed by atoms with Crippen LogP contribution in [0.3, 0.4) is 0 Å². The minimum atomic E-state index is 0.219. The number of aliphatic imine (C=N–C) groups is 1. The number of hydrogen-bond acceptors (Lipinski definition) is 3. The molecule has 1 unspecified atom stereocenters. The van der Waals surface area contributed by atoms with E-state index < -0.39 is 0 Å². The van der Waals surface area contributed by atoms with Crippen LogP contribution < -0.4 is 5.73 Å². The molecule has 1 aliphatic carbocycles. The molecule has 1 saturated carbocycles. The maximum Gasteiger partial charge on any atom is 0.192 e. The van der Waals surface area contributed by atoms with Crippen LogP contribution in [0.1, 0.15) is 37.3 Å². The molecule has 3 nitrogen and oxygen atoms in total. The standard InChI is InChI=1S/C14H17BrClN3/c15-12-6-5-9(16)7-11(12)13-8-18-14(17)19(13)10-3-1-2-4-10/h5-7,10,13H,1-4,8H2,(H2,17,18). The Hall–Kier alpha value is -0.740. The molecule has 1 heterocycles. The Morgan fingerprint density at radius 2 is 2.05 bits per heavy atom. The van der Waals surface area contributed by atoms with Gasteiger partial charge in [-0.05, 0) is 36.6 Å². The van der Waals surface area contributed by atoms with Crippen LogP contribution in [0.5, 0.6) is 0 Å². The van der Waals surface area contributed by atoms with Crippen molar-refractivity contribution in [2.75, 3.05) is 6.54 Å². The third-order valence-corrected chi connectivity index (χ3v) is 5.02. The summed E-state index contributed by atoms with van der Waals surface area (Å²) in [6.07, 6.45) is 5.01. The Morgan fingerprint density at radius 3 is 2.79 bits per heavy atom. The molecule has 5 heteroatoms. The van der Waals surface area contributed by atoms with Gasteiger partial charge in [0.15, 0.2) is 5.96 Å². The quantitative estimate of drug-likeness (QED) is 0.890. The van der Waals surface area contributed by atoms with Crippen LogP contribution in [0.15, 0.2) is 27.7 Å². The van der Waals surface area contributed by atoms with Gasteiger partial charge in [-0.3, -0.25) is 4.99 Å². The Labute approximate surface area is 127 Å². The van der Waals surface area contributed by atoms with Crippen LogP contribution in [0.2, 0.25) is 5.02 Å². The molecule has 1 atom stereocenters. The first-order chi connectivity index (χ1) is 9.16. The van der Waals surface area contributed by atoms with Crippen molar-refractivity contribution in [2.24, 2.45) is 10.7 Å². The molecule has 3 rings (SSSR count). The van der Waals surface area contributed by atoms with Gasteiger partial charge in [-0.1, -0.05) is 40.4 Å². The summed E-state index contributed by atoms with van der Waals surface area (Å²) in [4.78, 5) is 6.74.